The minimum atomic E-state index is -4.25. The molecule has 0 bridgehead atoms. The zero-order valence-corrected chi connectivity index (χ0v) is 33.3. The van der Waals surface area contributed by atoms with Crippen molar-refractivity contribution in [2.45, 2.75) is 94.6 Å². The Labute approximate surface area is 315 Å². The second-order valence-corrected chi connectivity index (χ2v) is 15.6. The van der Waals surface area contributed by atoms with Crippen LogP contribution in [0.15, 0.2) is 41.8 Å². The number of methoxy groups -OCH3 is 2. The highest BCUT2D eigenvalue weighted by atomic mass is 32.2. The molecule has 300 valence electrons. The topological polar surface area (TPSA) is 190 Å². The van der Waals surface area contributed by atoms with Crippen LogP contribution in [0.1, 0.15) is 78.6 Å². The standard InChI is InChI=1S/C27H42N4O7S.C10H19NO3/c1-7-20-19-27(20,29-25(34)38-26(2,3)4)24(33)30-39(35,36)22-14-9-8-13-21(22)28-16-10-11-17-31(5)18-12-15-23(32)37-6;1-11(7-3-4-9-12)8-5-6-10(13)14-2/h7-9,13-14,20,28H,1,10-12,15-19H2,2-6H3,(H,29,34)(H,30,33);9H,3-8H2,1-2H3/t20-,27-;/m1./s1. The molecule has 3 N–H and O–H groups in total. The van der Waals surface area contributed by atoms with Crippen molar-refractivity contribution in [3.05, 3.63) is 36.9 Å². The van der Waals surface area contributed by atoms with Crippen molar-refractivity contribution in [1.29, 1.82) is 0 Å². The number of sulfonamides is 1. The Morgan fingerprint density at radius 3 is 1.96 bits per heavy atom. The third-order valence-corrected chi connectivity index (χ3v) is 9.66. The van der Waals surface area contributed by atoms with Crippen LogP contribution in [-0.2, 0) is 43.4 Å². The van der Waals surface area contributed by atoms with Crippen LogP contribution in [0, 0.1) is 5.92 Å². The van der Waals surface area contributed by atoms with Crippen LogP contribution < -0.4 is 15.4 Å². The van der Waals surface area contributed by atoms with Gasteiger partial charge in [-0.25, -0.2) is 17.9 Å². The molecule has 15 nitrogen and oxygen atoms in total. The fourth-order valence-corrected chi connectivity index (χ4v) is 6.45. The van der Waals surface area contributed by atoms with Crippen molar-refractivity contribution in [2.24, 2.45) is 5.92 Å². The number of unbranched alkanes of at least 4 members (excludes halogenated alkanes) is 2. The molecule has 2 rings (SSSR count). The van der Waals surface area contributed by atoms with Crippen LogP contribution in [0.3, 0.4) is 0 Å². The summed E-state index contributed by atoms with van der Waals surface area (Å²) >= 11 is 0. The van der Waals surface area contributed by atoms with Gasteiger partial charge in [0.25, 0.3) is 15.9 Å². The number of nitrogens with one attached hydrogen (secondary N) is 3. The summed E-state index contributed by atoms with van der Waals surface area (Å²) in [7, 11) is 2.50. The first kappa shape index (κ1) is 47.0. The van der Waals surface area contributed by atoms with E-state index in [4.69, 9.17) is 4.74 Å². The number of anilines is 1. The van der Waals surface area contributed by atoms with Gasteiger partial charge in [-0.05, 0) is 112 Å². The molecular formula is C37H61N5O10S. The van der Waals surface area contributed by atoms with Crippen molar-refractivity contribution < 1.29 is 46.6 Å². The maximum Gasteiger partial charge on any atom is 0.408 e. The molecule has 53 heavy (non-hydrogen) atoms. The lowest BCUT2D eigenvalue weighted by atomic mass is 10.2. The number of esters is 2. The number of rotatable bonds is 23. The van der Waals surface area contributed by atoms with E-state index in [0.29, 0.717) is 31.5 Å². The molecule has 0 spiro atoms. The number of aldehydes is 1. The maximum atomic E-state index is 13.2. The number of nitrogens with zero attached hydrogens (tertiary/aromatic N) is 2. The Morgan fingerprint density at radius 1 is 0.906 bits per heavy atom. The van der Waals surface area contributed by atoms with Crippen LogP contribution in [-0.4, -0.2) is 121 Å². The largest absolute Gasteiger partial charge is 0.469 e. The molecule has 0 radical (unpaired) electrons. The van der Waals surface area contributed by atoms with Gasteiger partial charge in [0.1, 0.15) is 22.3 Å². The van der Waals surface area contributed by atoms with E-state index >= 15 is 0 Å². The lowest BCUT2D eigenvalue weighted by Gasteiger charge is -2.24. The first-order valence-electron chi connectivity index (χ1n) is 17.9. The summed E-state index contributed by atoms with van der Waals surface area (Å²) in [5.74, 6) is -1.65. The number of carbonyl (C=O) groups is 5. The summed E-state index contributed by atoms with van der Waals surface area (Å²) in [4.78, 5) is 61.7. The zero-order valence-electron chi connectivity index (χ0n) is 32.5. The Balaban J connectivity index is 0.000000845. The molecule has 0 aliphatic heterocycles. The minimum Gasteiger partial charge on any atom is -0.469 e. The first-order chi connectivity index (χ1) is 24.9. The fourth-order valence-electron chi connectivity index (χ4n) is 5.22. The summed E-state index contributed by atoms with van der Waals surface area (Å²) in [6.07, 6.45) is 7.39. The van der Waals surface area contributed by atoms with Crippen molar-refractivity contribution in [1.82, 2.24) is 19.8 Å². The molecule has 1 fully saturated rings. The molecule has 2 amide bonds. The van der Waals surface area contributed by atoms with Gasteiger partial charge in [0, 0.05) is 31.7 Å². The number of alkyl carbamates (subject to hydrolysis) is 1. The highest BCUT2D eigenvalue weighted by molar-refractivity contribution is 7.90. The minimum absolute atomic E-state index is 0.0681. The second kappa shape index (κ2) is 23.6. The van der Waals surface area contributed by atoms with E-state index in [2.05, 4.69) is 41.2 Å². The third-order valence-electron chi connectivity index (χ3n) is 8.27. The van der Waals surface area contributed by atoms with Crippen LogP contribution in [0.25, 0.3) is 0 Å². The first-order valence-corrected chi connectivity index (χ1v) is 19.4. The Hall–Kier alpha value is -4.02. The molecule has 0 unspecified atom stereocenters. The normalized spacial score (nSPS) is 16.4. The van der Waals surface area contributed by atoms with Gasteiger partial charge >= 0.3 is 18.0 Å². The van der Waals surface area contributed by atoms with Crippen LogP contribution in [0.5, 0.6) is 0 Å². The predicted octanol–water partition coefficient (Wildman–Crippen LogP) is 3.89. The molecule has 1 aliphatic carbocycles. The molecule has 0 aromatic heterocycles. The smallest absolute Gasteiger partial charge is 0.408 e. The van der Waals surface area contributed by atoms with E-state index in [0.717, 1.165) is 64.6 Å². The summed E-state index contributed by atoms with van der Waals surface area (Å²) in [6, 6.07) is 6.33. The average molecular weight is 768 g/mol. The molecular weight excluding hydrogens is 706 g/mol. The molecule has 1 aromatic carbocycles. The van der Waals surface area contributed by atoms with Crippen molar-refractivity contribution in [2.75, 3.05) is 66.4 Å². The van der Waals surface area contributed by atoms with Gasteiger partial charge in [-0.2, -0.15) is 0 Å². The van der Waals surface area contributed by atoms with E-state index in [-0.39, 0.29) is 23.3 Å². The van der Waals surface area contributed by atoms with Crippen molar-refractivity contribution in [3.8, 4) is 0 Å². The fraction of sp³-hybridized carbons (Fsp3) is 0.649. The van der Waals surface area contributed by atoms with E-state index in [1.807, 2.05) is 14.1 Å². The monoisotopic (exact) mass is 767 g/mol. The van der Waals surface area contributed by atoms with Gasteiger partial charge in [0.2, 0.25) is 0 Å². The van der Waals surface area contributed by atoms with Gasteiger partial charge in [0.05, 0.1) is 19.9 Å². The van der Waals surface area contributed by atoms with Gasteiger partial charge in [-0.1, -0.05) is 18.2 Å². The summed E-state index contributed by atoms with van der Waals surface area (Å²) in [6.45, 7) is 12.7. The molecule has 1 aromatic rings. The Kier molecular flexibility index (Phi) is 20.9. The predicted molar refractivity (Wildman–Crippen MR) is 203 cm³/mol. The van der Waals surface area contributed by atoms with Crippen LogP contribution in [0.4, 0.5) is 10.5 Å². The molecule has 1 saturated carbocycles. The number of amides is 2. The maximum absolute atomic E-state index is 13.2. The van der Waals surface area contributed by atoms with E-state index < -0.39 is 39.1 Å². The molecule has 16 heteroatoms. The quantitative estimate of drug-likeness (QED) is 0.0479. The number of para-hydroxylation sites is 1. The highest BCUT2D eigenvalue weighted by Crippen LogP contribution is 2.45. The van der Waals surface area contributed by atoms with Gasteiger partial charge in [0.15, 0.2) is 0 Å². The summed E-state index contributed by atoms with van der Waals surface area (Å²) < 4.78 is 43.0. The van der Waals surface area contributed by atoms with Crippen molar-refractivity contribution >= 4 is 45.9 Å². The number of ether oxygens (including phenoxy) is 3. The second-order valence-electron chi connectivity index (χ2n) is 14.0. The number of benzene rings is 1. The van der Waals surface area contributed by atoms with E-state index in [1.165, 1.54) is 26.4 Å². The Morgan fingerprint density at radius 2 is 1.45 bits per heavy atom. The van der Waals surface area contributed by atoms with Gasteiger partial charge < -0.3 is 39.4 Å². The third kappa shape index (κ3) is 18.5. The van der Waals surface area contributed by atoms with Gasteiger partial charge in [-0.15, -0.1) is 6.58 Å². The number of hydrogen-bond donors (Lipinski definition) is 3. The molecule has 1 aliphatic rings. The van der Waals surface area contributed by atoms with E-state index in [1.54, 1.807) is 39.0 Å². The highest BCUT2D eigenvalue weighted by Gasteiger charge is 2.61. The molecule has 0 heterocycles. The van der Waals surface area contributed by atoms with E-state index in [9.17, 15) is 32.4 Å². The summed E-state index contributed by atoms with van der Waals surface area (Å²) in [5, 5.41) is 5.69. The van der Waals surface area contributed by atoms with Gasteiger partial charge in [-0.3, -0.25) is 14.4 Å². The zero-order chi connectivity index (χ0) is 40.1. The molecule has 2 atom stereocenters. The SMILES string of the molecule is C=C[C@@H]1C[C@]1(NC(=O)OC(C)(C)C)C(=O)NS(=O)(=O)c1ccccc1NCCCCN(C)CCCC(=O)OC.COC(=O)CCCN(C)CCCC=O. The number of carbonyl (C=O) groups excluding carboxylic acids is 5. The lowest BCUT2D eigenvalue weighted by Crippen LogP contribution is -2.52. The molecule has 0 saturated heterocycles. The summed E-state index contributed by atoms with van der Waals surface area (Å²) in [5.41, 5.74) is -1.85. The van der Waals surface area contributed by atoms with Crippen LogP contribution >= 0.6 is 0 Å². The lowest BCUT2D eigenvalue weighted by molar-refractivity contribution is -0.141. The average Bonchev–Trinajstić information content (AvgIpc) is 3.81. The van der Waals surface area contributed by atoms with Crippen molar-refractivity contribution in [3.63, 3.8) is 0 Å². The number of hydrogen-bond acceptors (Lipinski definition) is 13. The Bertz CT molecular complexity index is 1450. The van der Waals surface area contributed by atoms with Crippen LogP contribution in [0.2, 0.25) is 0 Å².